The number of nitrogens with two attached hydrogens (primary N) is 1. The van der Waals surface area contributed by atoms with Crippen molar-refractivity contribution in [2.75, 3.05) is 0 Å². The molecule has 0 aromatic heterocycles. The second kappa shape index (κ2) is 3.51. The van der Waals surface area contributed by atoms with E-state index in [0.29, 0.717) is 11.3 Å². The van der Waals surface area contributed by atoms with E-state index in [1.54, 1.807) is 6.92 Å². The van der Waals surface area contributed by atoms with Crippen LogP contribution in [0, 0.1) is 6.92 Å². The maximum Gasteiger partial charge on any atom is 0.156 e. The van der Waals surface area contributed by atoms with Crippen molar-refractivity contribution in [3.05, 3.63) is 17.7 Å². The Morgan fingerprint density at radius 3 is 2.67 bits per heavy atom. The zero-order valence-electron chi connectivity index (χ0n) is 6.37. The number of phenols is 1. The maximum atomic E-state index is 9.27. The Morgan fingerprint density at radius 1 is 1.50 bits per heavy atom. The lowest BCUT2D eigenvalue weighted by atomic mass is 10.2. The smallest absolute Gasteiger partial charge is 0.156 e. The average Bonchev–Trinajstić information content (AvgIpc) is 2.09. The van der Waals surface area contributed by atoms with Crippen LogP contribution in [0.4, 0.5) is 0 Å². The monoisotopic (exact) mass is 189 g/mol. The van der Waals surface area contributed by atoms with E-state index in [2.05, 4.69) is 9.13 Å². The van der Waals surface area contributed by atoms with Gasteiger partial charge in [0.2, 0.25) is 0 Å². The van der Waals surface area contributed by atoms with Crippen LogP contribution >= 0.6 is 11.9 Å². The first-order valence-corrected chi connectivity index (χ1v) is 3.49. The van der Waals surface area contributed by atoms with Gasteiger partial charge in [-0.05, 0) is 6.92 Å². The summed E-state index contributed by atoms with van der Waals surface area (Å²) in [5.74, 6) is 5.51. The first-order valence-electron chi connectivity index (χ1n) is 3.18. The minimum absolute atomic E-state index is 0.0219. The Balaban J connectivity index is 3.19. The molecule has 0 aliphatic rings. The predicted molar refractivity (Wildman–Crippen MR) is 44.1 cm³/mol. The van der Waals surface area contributed by atoms with Crippen LogP contribution < -0.4 is 15.0 Å². The first-order chi connectivity index (χ1) is 5.69. The lowest BCUT2D eigenvalue weighted by molar-refractivity contribution is 0.330. The molecule has 0 aliphatic carbocycles. The molecule has 12 heavy (non-hydrogen) atoms. The van der Waals surface area contributed by atoms with Crippen molar-refractivity contribution >= 4 is 11.9 Å². The highest BCUT2D eigenvalue weighted by atomic mass is 35.5. The Kier molecular flexibility index (Phi) is 2.62. The maximum absolute atomic E-state index is 9.27. The van der Waals surface area contributed by atoms with Gasteiger partial charge in [-0.2, -0.15) is 5.90 Å². The summed E-state index contributed by atoms with van der Waals surface area (Å²) >= 11 is 5.13. The second-order valence-corrected chi connectivity index (χ2v) is 2.41. The van der Waals surface area contributed by atoms with Gasteiger partial charge in [-0.25, -0.2) is 0 Å². The molecular formula is C7H8ClNO3. The fourth-order valence-electron chi connectivity index (χ4n) is 0.797. The van der Waals surface area contributed by atoms with Crippen molar-refractivity contribution in [1.29, 1.82) is 0 Å². The van der Waals surface area contributed by atoms with Crippen LogP contribution in [0.1, 0.15) is 5.56 Å². The fourth-order valence-corrected chi connectivity index (χ4v) is 0.957. The average molecular weight is 190 g/mol. The van der Waals surface area contributed by atoms with Crippen LogP contribution in [0.5, 0.6) is 17.2 Å². The third-order valence-electron chi connectivity index (χ3n) is 1.53. The molecule has 0 saturated heterocycles. The highest BCUT2D eigenvalue weighted by molar-refractivity contribution is 6.09. The largest absolute Gasteiger partial charge is 0.507 e. The van der Waals surface area contributed by atoms with E-state index in [1.807, 2.05) is 0 Å². The molecule has 0 atom stereocenters. The summed E-state index contributed by atoms with van der Waals surface area (Å²) in [6.07, 6.45) is 0. The number of hydrogen-bond donors (Lipinski definition) is 2. The quantitative estimate of drug-likeness (QED) is 0.692. The van der Waals surface area contributed by atoms with Gasteiger partial charge in [0.15, 0.2) is 11.5 Å². The van der Waals surface area contributed by atoms with Crippen LogP contribution in [-0.2, 0) is 0 Å². The van der Waals surface area contributed by atoms with Gasteiger partial charge in [-0.3, -0.25) is 0 Å². The summed E-state index contributed by atoms with van der Waals surface area (Å²) in [6.45, 7) is 1.66. The summed E-state index contributed by atoms with van der Waals surface area (Å²) in [6, 6.07) is 2.84. The molecule has 0 spiro atoms. The normalized spacial score (nSPS) is 9.58. The van der Waals surface area contributed by atoms with E-state index in [4.69, 9.17) is 17.8 Å². The molecule has 66 valence electrons. The van der Waals surface area contributed by atoms with E-state index in [-0.39, 0.29) is 11.5 Å². The Bertz CT molecular complexity index is 290. The standard InChI is InChI=1S/C7H8ClNO3/c1-4-6(10)2-5(12-9)3-7(4)11-8/h2-3,10H,9H2,1H3. The molecule has 1 aromatic carbocycles. The second-order valence-electron chi connectivity index (χ2n) is 2.26. The molecule has 4 nitrogen and oxygen atoms in total. The number of benzene rings is 1. The third-order valence-corrected chi connectivity index (χ3v) is 1.69. The molecule has 3 N–H and O–H groups in total. The Hall–Kier alpha value is -1.13. The van der Waals surface area contributed by atoms with Gasteiger partial charge in [0.05, 0.1) is 0 Å². The zero-order chi connectivity index (χ0) is 9.14. The minimum atomic E-state index is 0.0219. The van der Waals surface area contributed by atoms with Crippen molar-refractivity contribution < 1.29 is 14.2 Å². The van der Waals surface area contributed by atoms with Crippen LogP contribution in [0.3, 0.4) is 0 Å². The van der Waals surface area contributed by atoms with E-state index >= 15 is 0 Å². The first kappa shape index (κ1) is 8.96. The molecular weight excluding hydrogens is 182 g/mol. The Labute approximate surface area is 74.6 Å². The zero-order valence-corrected chi connectivity index (χ0v) is 7.13. The lowest BCUT2D eigenvalue weighted by Gasteiger charge is -2.06. The minimum Gasteiger partial charge on any atom is -0.507 e. The van der Waals surface area contributed by atoms with Crippen LogP contribution in [0.25, 0.3) is 0 Å². The van der Waals surface area contributed by atoms with Crippen LogP contribution in [0.15, 0.2) is 12.1 Å². The van der Waals surface area contributed by atoms with Crippen molar-refractivity contribution in [2.24, 2.45) is 5.90 Å². The van der Waals surface area contributed by atoms with Crippen molar-refractivity contribution in [1.82, 2.24) is 0 Å². The van der Waals surface area contributed by atoms with E-state index in [1.165, 1.54) is 12.1 Å². The topological polar surface area (TPSA) is 64.7 Å². The number of rotatable bonds is 2. The molecule has 0 radical (unpaired) electrons. The summed E-state index contributed by atoms with van der Waals surface area (Å²) in [5.41, 5.74) is 0.533. The van der Waals surface area contributed by atoms with Gasteiger partial charge in [-0.15, -0.1) is 0 Å². The van der Waals surface area contributed by atoms with Crippen LogP contribution in [-0.4, -0.2) is 5.11 Å². The number of halogens is 1. The highest BCUT2D eigenvalue weighted by Gasteiger charge is 2.07. The number of aromatic hydroxyl groups is 1. The van der Waals surface area contributed by atoms with Crippen molar-refractivity contribution in [2.45, 2.75) is 6.92 Å². The molecule has 0 aliphatic heterocycles. The molecule has 0 heterocycles. The summed E-state index contributed by atoms with van der Waals surface area (Å²) < 4.78 is 4.44. The van der Waals surface area contributed by atoms with Gasteiger partial charge >= 0.3 is 0 Å². The van der Waals surface area contributed by atoms with E-state index < -0.39 is 0 Å². The molecule has 5 heteroatoms. The van der Waals surface area contributed by atoms with Gasteiger partial charge < -0.3 is 14.2 Å². The SMILES string of the molecule is Cc1c(O)cc(ON)cc1OCl. The van der Waals surface area contributed by atoms with Crippen molar-refractivity contribution in [3.8, 4) is 17.2 Å². The summed E-state index contributed by atoms with van der Waals surface area (Å²) in [7, 11) is 0. The van der Waals surface area contributed by atoms with Gasteiger partial charge in [0, 0.05) is 17.7 Å². The number of phenolic OH excluding ortho intramolecular Hbond substituents is 1. The van der Waals surface area contributed by atoms with Gasteiger partial charge in [0.25, 0.3) is 0 Å². The van der Waals surface area contributed by atoms with Crippen molar-refractivity contribution in [3.63, 3.8) is 0 Å². The third kappa shape index (κ3) is 1.54. The molecule has 0 bridgehead atoms. The van der Waals surface area contributed by atoms with Gasteiger partial charge in [-0.1, -0.05) is 0 Å². The lowest BCUT2D eigenvalue weighted by Crippen LogP contribution is -2.01. The molecule has 0 amide bonds. The van der Waals surface area contributed by atoms with E-state index in [9.17, 15) is 5.11 Å². The molecule has 0 fully saturated rings. The molecule has 1 aromatic rings. The van der Waals surface area contributed by atoms with Crippen LogP contribution in [0.2, 0.25) is 0 Å². The predicted octanol–water partition coefficient (Wildman–Crippen LogP) is 1.49. The Morgan fingerprint density at radius 2 is 2.17 bits per heavy atom. The molecule has 1 rings (SSSR count). The number of hydrogen-bond acceptors (Lipinski definition) is 4. The fraction of sp³-hybridized carbons (Fsp3) is 0.143. The summed E-state index contributed by atoms with van der Waals surface area (Å²) in [4.78, 5) is 4.39. The molecule has 0 unspecified atom stereocenters. The van der Waals surface area contributed by atoms with E-state index in [0.717, 1.165) is 0 Å². The highest BCUT2D eigenvalue weighted by Crippen LogP contribution is 2.32. The molecule has 0 saturated carbocycles. The summed E-state index contributed by atoms with van der Waals surface area (Å²) in [5, 5.41) is 9.27. The van der Waals surface area contributed by atoms with Gasteiger partial charge in [0.1, 0.15) is 17.6 Å².